The number of aromatic hydroxyl groups is 1. The molecule has 3 aliphatic carbocycles. The highest BCUT2D eigenvalue weighted by atomic mass is 16.3. The van der Waals surface area contributed by atoms with E-state index < -0.39 is 69.5 Å². The van der Waals surface area contributed by atoms with E-state index in [1.54, 1.807) is 39.2 Å². The van der Waals surface area contributed by atoms with Crippen molar-refractivity contribution in [1.29, 1.82) is 0 Å². The van der Waals surface area contributed by atoms with E-state index in [1.807, 2.05) is 20.8 Å². The number of aliphatic hydroxyl groups is 3. The third kappa shape index (κ3) is 4.74. The van der Waals surface area contributed by atoms with Gasteiger partial charge < -0.3 is 36.4 Å². The van der Waals surface area contributed by atoms with Crippen molar-refractivity contribution in [3.8, 4) is 5.75 Å². The molecule has 42 heavy (non-hydrogen) atoms. The number of aliphatic hydroxyl groups excluding tert-OH is 2. The largest absolute Gasteiger partial charge is 0.508 e. The summed E-state index contributed by atoms with van der Waals surface area (Å²) in [6.45, 7) is 5.46. The Bertz CT molecular complexity index is 1500. The van der Waals surface area contributed by atoms with Crippen LogP contribution in [0.25, 0.3) is 11.8 Å². The van der Waals surface area contributed by atoms with Crippen molar-refractivity contribution in [2.45, 2.75) is 50.8 Å². The van der Waals surface area contributed by atoms with Gasteiger partial charge in [0.2, 0.25) is 11.7 Å². The van der Waals surface area contributed by atoms with Gasteiger partial charge in [0.25, 0.3) is 5.91 Å². The van der Waals surface area contributed by atoms with Crippen LogP contribution in [0.5, 0.6) is 5.75 Å². The van der Waals surface area contributed by atoms with Gasteiger partial charge in [-0.05, 0) is 71.3 Å². The molecule has 0 bridgehead atoms. The predicted octanol–water partition coefficient (Wildman–Crippen LogP) is 0.958. The number of ketones is 2. The second-order valence-corrected chi connectivity index (χ2v) is 12.6. The quantitative estimate of drug-likeness (QED) is 0.215. The number of fused-ring (bicyclic) bond motifs is 3. The Labute approximate surface area is 243 Å². The van der Waals surface area contributed by atoms with Crippen molar-refractivity contribution >= 4 is 40.9 Å². The van der Waals surface area contributed by atoms with E-state index in [-0.39, 0.29) is 35.3 Å². The third-order valence-corrected chi connectivity index (χ3v) is 8.12. The molecule has 0 aromatic heterocycles. The van der Waals surface area contributed by atoms with Crippen LogP contribution in [0.4, 0.5) is 5.69 Å². The molecule has 1 saturated carbocycles. The molecule has 0 aliphatic heterocycles. The van der Waals surface area contributed by atoms with Gasteiger partial charge in [-0.15, -0.1) is 0 Å². The van der Waals surface area contributed by atoms with Gasteiger partial charge in [0.15, 0.2) is 11.4 Å². The zero-order valence-corrected chi connectivity index (χ0v) is 24.8. The Morgan fingerprint density at radius 3 is 2.26 bits per heavy atom. The molecule has 1 aromatic rings. The molecule has 7 N–H and O–H groups in total. The van der Waals surface area contributed by atoms with Crippen LogP contribution in [0.15, 0.2) is 29.0 Å². The molecule has 2 amide bonds. The van der Waals surface area contributed by atoms with Crippen LogP contribution in [-0.2, 0) is 25.6 Å². The molecule has 0 radical (unpaired) electrons. The molecule has 226 valence electrons. The number of amides is 2. The van der Waals surface area contributed by atoms with Crippen molar-refractivity contribution in [3.05, 3.63) is 45.7 Å². The van der Waals surface area contributed by atoms with Crippen LogP contribution in [0.1, 0.15) is 43.9 Å². The summed E-state index contributed by atoms with van der Waals surface area (Å²) in [6, 6.07) is 0.505. The summed E-state index contributed by atoms with van der Waals surface area (Å²) in [5.74, 6) is -7.56. The zero-order chi connectivity index (χ0) is 31.6. The number of nitrogens with two attached hydrogens (primary N) is 1. The van der Waals surface area contributed by atoms with E-state index in [2.05, 4.69) is 5.32 Å². The minimum Gasteiger partial charge on any atom is -0.508 e. The van der Waals surface area contributed by atoms with Gasteiger partial charge >= 0.3 is 0 Å². The topological polar surface area (TPSA) is 194 Å². The molecule has 4 atom stereocenters. The number of rotatable bonds is 5. The molecule has 0 unspecified atom stereocenters. The Hall–Kier alpha value is -4.16. The number of benzene rings is 1. The van der Waals surface area contributed by atoms with Gasteiger partial charge in [0.1, 0.15) is 22.8 Å². The first-order chi connectivity index (χ1) is 19.3. The van der Waals surface area contributed by atoms with Crippen molar-refractivity contribution in [2.75, 3.05) is 33.1 Å². The van der Waals surface area contributed by atoms with E-state index in [0.717, 1.165) is 0 Å². The summed E-state index contributed by atoms with van der Waals surface area (Å²) in [7, 11) is 6.63. The number of carbonyl (C=O) groups excluding carboxylic acids is 4. The Kier molecular flexibility index (Phi) is 7.54. The molecular formula is C30H38N4O8. The molecule has 0 spiro atoms. The minimum absolute atomic E-state index is 0.00593. The molecule has 0 heterocycles. The molecule has 4 rings (SSSR count). The number of hydrogen-bond acceptors (Lipinski definition) is 10. The fourth-order valence-corrected chi connectivity index (χ4v) is 6.41. The lowest BCUT2D eigenvalue weighted by molar-refractivity contribution is -0.153. The highest BCUT2D eigenvalue weighted by molar-refractivity contribution is 6.24. The normalized spacial score (nSPS) is 25.9. The summed E-state index contributed by atoms with van der Waals surface area (Å²) in [5, 5.41) is 48.4. The maximum atomic E-state index is 14.0. The number of likely N-dealkylation sites (N-methyl/N-ethyl adjacent to an activating group) is 1. The molecule has 1 fully saturated rings. The lowest BCUT2D eigenvalue weighted by Gasteiger charge is -2.50. The van der Waals surface area contributed by atoms with Crippen LogP contribution in [-0.4, -0.2) is 94.1 Å². The molecule has 1 aromatic carbocycles. The second-order valence-electron chi connectivity index (χ2n) is 12.6. The number of anilines is 1. The third-order valence-electron chi connectivity index (χ3n) is 8.12. The first-order valence-corrected chi connectivity index (χ1v) is 13.5. The average Bonchev–Trinajstić information content (AvgIpc) is 2.84. The van der Waals surface area contributed by atoms with E-state index in [0.29, 0.717) is 11.3 Å². The van der Waals surface area contributed by atoms with Gasteiger partial charge in [-0.2, -0.15) is 0 Å². The highest BCUT2D eigenvalue weighted by Gasteiger charge is 2.64. The second kappa shape index (κ2) is 10.3. The van der Waals surface area contributed by atoms with Crippen molar-refractivity contribution in [1.82, 2.24) is 10.2 Å². The van der Waals surface area contributed by atoms with Gasteiger partial charge in [-0.1, -0.05) is 0 Å². The summed E-state index contributed by atoms with van der Waals surface area (Å²) in [4.78, 5) is 55.1. The number of phenols is 1. The van der Waals surface area contributed by atoms with Crippen LogP contribution < -0.4 is 16.0 Å². The monoisotopic (exact) mass is 582 g/mol. The summed E-state index contributed by atoms with van der Waals surface area (Å²) < 4.78 is 0. The van der Waals surface area contributed by atoms with Crippen molar-refractivity contribution in [2.24, 2.45) is 17.6 Å². The summed E-state index contributed by atoms with van der Waals surface area (Å²) in [6.07, 6.45) is 2.79. The maximum absolute atomic E-state index is 14.0. The lowest BCUT2D eigenvalue weighted by atomic mass is 9.57. The minimum atomic E-state index is -2.72. The summed E-state index contributed by atoms with van der Waals surface area (Å²) >= 11 is 0. The van der Waals surface area contributed by atoms with E-state index >= 15 is 0 Å². The van der Waals surface area contributed by atoms with Gasteiger partial charge in [0.05, 0.1) is 11.6 Å². The van der Waals surface area contributed by atoms with Crippen LogP contribution in [0.3, 0.4) is 0 Å². The molecule has 3 aliphatic rings. The summed E-state index contributed by atoms with van der Waals surface area (Å²) in [5.41, 5.74) is 2.34. The molecule has 12 nitrogen and oxygen atoms in total. The van der Waals surface area contributed by atoms with Crippen molar-refractivity contribution in [3.63, 3.8) is 0 Å². The molecule has 12 heteroatoms. The number of carbonyl (C=O) groups is 4. The number of phenolic OH excluding ortho intramolecular Hbond substituents is 1. The zero-order valence-electron chi connectivity index (χ0n) is 24.8. The van der Waals surface area contributed by atoms with Gasteiger partial charge in [-0.25, -0.2) is 0 Å². The van der Waals surface area contributed by atoms with Gasteiger partial charge in [0, 0.05) is 48.5 Å². The van der Waals surface area contributed by atoms with E-state index in [1.165, 1.54) is 17.1 Å². The number of primary amides is 1. The van der Waals surface area contributed by atoms with E-state index in [4.69, 9.17) is 5.73 Å². The van der Waals surface area contributed by atoms with Crippen LogP contribution in [0.2, 0.25) is 0 Å². The molecular weight excluding hydrogens is 544 g/mol. The van der Waals surface area contributed by atoms with Gasteiger partial charge in [-0.3, -0.25) is 24.1 Å². The number of nitrogens with one attached hydrogen (secondary N) is 1. The SMILES string of the molecule is CN(C)c1cc(/C=C/C(=O)NC(C)(C)C)c(O)c2c1C[C@H]1C[C@H]3[C@H](N(C)C)C(=O)C(C(N)=O)=C(O)[C@@]3(O)C(=O)C1=C2O. The van der Waals surface area contributed by atoms with E-state index in [9.17, 15) is 39.6 Å². The number of Topliss-reactive ketones (excluding diaryl/α,β-unsaturated/α-hetero) is 2. The first kappa shape index (κ1) is 30.8. The lowest BCUT2D eigenvalue weighted by Crippen LogP contribution is -2.65. The standard InChI is InChI=1S/C30H38N4O8/c1-29(2,3)32-18(35)9-8-13-12-17(33(4)5)15-10-14-11-16-22(34(6)7)25(38)21(28(31)41)27(40)30(16,42)26(39)19(14)24(37)20(15)23(13)36/h8-9,12,14,16,22,36-37,40,42H,10-11H2,1-7H3,(H2,31,41)(H,32,35)/b9-8+/t14-,16-,22-,30-/m0/s1. The highest BCUT2D eigenvalue weighted by Crippen LogP contribution is 2.54. The smallest absolute Gasteiger partial charge is 0.255 e. The first-order valence-electron chi connectivity index (χ1n) is 13.5. The van der Waals surface area contributed by atoms with Crippen molar-refractivity contribution < 1.29 is 39.6 Å². The fraction of sp³-hybridized carbons (Fsp3) is 0.467. The Balaban J connectivity index is 1.93. The van der Waals surface area contributed by atoms with Crippen LogP contribution in [0, 0.1) is 11.8 Å². The maximum Gasteiger partial charge on any atom is 0.255 e. The van der Waals surface area contributed by atoms with Crippen LogP contribution >= 0.6 is 0 Å². The number of hydrogen-bond donors (Lipinski definition) is 6. The average molecular weight is 583 g/mol. The Morgan fingerprint density at radius 1 is 1.12 bits per heavy atom. The molecule has 0 saturated heterocycles. The Morgan fingerprint density at radius 2 is 1.74 bits per heavy atom. The predicted molar refractivity (Wildman–Crippen MR) is 156 cm³/mol. The fourth-order valence-electron chi connectivity index (χ4n) is 6.41. The number of nitrogens with zero attached hydrogens (tertiary/aromatic N) is 2.